The standard InChI is InChI=1S/C21H24N2O2/c1-3-22-12-14-23(15-13-22)21(25)19-7-5-4-6-18(19)20(24)17-10-8-16(2)9-11-17/h4-11H,3,12-15H2,1-2H3. The van der Waals surface area contributed by atoms with Gasteiger partial charge < -0.3 is 9.80 Å². The molecular weight excluding hydrogens is 312 g/mol. The molecule has 130 valence electrons. The van der Waals surface area contributed by atoms with Crippen LogP contribution in [0.2, 0.25) is 0 Å². The summed E-state index contributed by atoms with van der Waals surface area (Å²) < 4.78 is 0. The number of amides is 1. The Morgan fingerprint density at radius 2 is 1.48 bits per heavy atom. The van der Waals surface area contributed by atoms with Gasteiger partial charge in [0.1, 0.15) is 0 Å². The number of ketones is 1. The number of nitrogens with zero attached hydrogens (tertiary/aromatic N) is 2. The molecule has 1 saturated heterocycles. The van der Waals surface area contributed by atoms with Gasteiger partial charge in [-0.2, -0.15) is 0 Å². The Labute approximate surface area is 149 Å². The van der Waals surface area contributed by atoms with E-state index in [4.69, 9.17) is 0 Å². The van der Waals surface area contributed by atoms with Crippen molar-refractivity contribution in [1.82, 2.24) is 9.80 Å². The van der Waals surface area contributed by atoms with Crippen LogP contribution in [0.1, 0.15) is 38.8 Å². The summed E-state index contributed by atoms with van der Waals surface area (Å²) in [5.41, 5.74) is 2.70. The van der Waals surface area contributed by atoms with Gasteiger partial charge in [0.15, 0.2) is 5.78 Å². The summed E-state index contributed by atoms with van der Waals surface area (Å²) >= 11 is 0. The molecule has 2 aromatic rings. The van der Waals surface area contributed by atoms with Crippen molar-refractivity contribution in [2.45, 2.75) is 13.8 Å². The van der Waals surface area contributed by atoms with Gasteiger partial charge in [0.2, 0.25) is 0 Å². The van der Waals surface area contributed by atoms with Crippen molar-refractivity contribution in [3.63, 3.8) is 0 Å². The Morgan fingerprint density at radius 3 is 2.08 bits per heavy atom. The van der Waals surface area contributed by atoms with Crippen molar-refractivity contribution in [2.24, 2.45) is 0 Å². The van der Waals surface area contributed by atoms with E-state index in [0.717, 1.165) is 25.2 Å². The van der Waals surface area contributed by atoms with E-state index in [2.05, 4.69) is 11.8 Å². The van der Waals surface area contributed by atoms with Crippen LogP contribution in [0.4, 0.5) is 0 Å². The number of piperazine rings is 1. The summed E-state index contributed by atoms with van der Waals surface area (Å²) in [7, 11) is 0. The third-order valence-electron chi connectivity index (χ3n) is 4.82. The zero-order valence-electron chi connectivity index (χ0n) is 14.9. The van der Waals surface area contributed by atoms with Crippen molar-refractivity contribution >= 4 is 11.7 Å². The number of hydrogen-bond donors (Lipinski definition) is 0. The van der Waals surface area contributed by atoms with E-state index in [0.29, 0.717) is 29.8 Å². The summed E-state index contributed by atoms with van der Waals surface area (Å²) in [4.78, 5) is 30.0. The van der Waals surface area contributed by atoms with E-state index < -0.39 is 0 Å². The van der Waals surface area contributed by atoms with E-state index in [-0.39, 0.29) is 11.7 Å². The largest absolute Gasteiger partial charge is 0.336 e. The highest BCUT2D eigenvalue weighted by molar-refractivity contribution is 6.15. The molecule has 0 N–H and O–H groups in total. The predicted molar refractivity (Wildman–Crippen MR) is 99.1 cm³/mol. The molecule has 1 aliphatic heterocycles. The average Bonchev–Trinajstić information content (AvgIpc) is 2.67. The van der Waals surface area contributed by atoms with Crippen LogP contribution in [0.5, 0.6) is 0 Å². The Morgan fingerprint density at radius 1 is 0.880 bits per heavy atom. The minimum Gasteiger partial charge on any atom is -0.336 e. The maximum Gasteiger partial charge on any atom is 0.254 e. The topological polar surface area (TPSA) is 40.6 Å². The summed E-state index contributed by atoms with van der Waals surface area (Å²) in [6, 6.07) is 14.6. The molecule has 0 spiro atoms. The van der Waals surface area contributed by atoms with Gasteiger partial charge in [0.25, 0.3) is 5.91 Å². The van der Waals surface area contributed by atoms with Crippen molar-refractivity contribution < 1.29 is 9.59 Å². The number of carbonyl (C=O) groups excluding carboxylic acids is 2. The summed E-state index contributed by atoms with van der Waals surface area (Å²) in [6.07, 6.45) is 0. The molecular formula is C21H24N2O2. The molecule has 0 aromatic heterocycles. The second-order valence-electron chi connectivity index (χ2n) is 6.47. The molecule has 0 aliphatic carbocycles. The van der Waals surface area contributed by atoms with E-state index in [1.54, 1.807) is 12.1 Å². The fourth-order valence-corrected chi connectivity index (χ4v) is 3.17. The van der Waals surface area contributed by atoms with Gasteiger partial charge in [-0.25, -0.2) is 0 Å². The molecule has 1 amide bonds. The van der Waals surface area contributed by atoms with Crippen LogP contribution in [0, 0.1) is 6.92 Å². The fourth-order valence-electron chi connectivity index (χ4n) is 3.17. The van der Waals surface area contributed by atoms with Crippen LogP contribution < -0.4 is 0 Å². The second kappa shape index (κ2) is 7.62. The first-order valence-electron chi connectivity index (χ1n) is 8.82. The van der Waals surface area contributed by atoms with Crippen molar-refractivity contribution in [2.75, 3.05) is 32.7 Å². The van der Waals surface area contributed by atoms with Crippen molar-refractivity contribution in [1.29, 1.82) is 0 Å². The van der Waals surface area contributed by atoms with E-state index in [1.165, 1.54) is 0 Å². The lowest BCUT2D eigenvalue weighted by Crippen LogP contribution is -2.48. The Balaban J connectivity index is 1.84. The minimum atomic E-state index is -0.101. The zero-order valence-corrected chi connectivity index (χ0v) is 14.9. The van der Waals surface area contributed by atoms with Crippen LogP contribution >= 0.6 is 0 Å². The number of aryl methyl sites for hydroxylation is 1. The summed E-state index contributed by atoms with van der Waals surface area (Å²) in [5.74, 6) is -0.150. The van der Waals surface area contributed by atoms with Gasteiger partial charge in [0.05, 0.1) is 5.56 Å². The lowest BCUT2D eigenvalue weighted by atomic mass is 9.97. The third-order valence-corrected chi connectivity index (χ3v) is 4.82. The number of carbonyl (C=O) groups is 2. The lowest BCUT2D eigenvalue weighted by molar-refractivity contribution is 0.0640. The zero-order chi connectivity index (χ0) is 17.8. The first kappa shape index (κ1) is 17.4. The Bertz CT molecular complexity index is 760. The molecule has 2 aromatic carbocycles. The molecule has 25 heavy (non-hydrogen) atoms. The van der Waals surface area contributed by atoms with Gasteiger partial charge >= 0.3 is 0 Å². The van der Waals surface area contributed by atoms with Crippen LogP contribution in [-0.4, -0.2) is 54.2 Å². The van der Waals surface area contributed by atoms with Crippen LogP contribution in [0.15, 0.2) is 48.5 Å². The van der Waals surface area contributed by atoms with E-state index >= 15 is 0 Å². The molecule has 4 heteroatoms. The highest BCUT2D eigenvalue weighted by atomic mass is 16.2. The summed E-state index contributed by atoms with van der Waals surface area (Å²) in [6.45, 7) is 8.31. The monoisotopic (exact) mass is 336 g/mol. The fraction of sp³-hybridized carbons (Fsp3) is 0.333. The van der Waals surface area contributed by atoms with Crippen LogP contribution in [0.25, 0.3) is 0 Å². The smallest absolute Gasteiger partial charge is 0.254 e. The molecule has 3 rings (SSSR count). The molecule has 4 nitrogen and oxygen atoms in total. The molecule has 1 heterocycles. The second-order valence-corrected chi connectivity index (χ2v) is 6.47. The molecule has 0 atom stereocenters. The number of hydrogen-bond acceptors (Lipinski definition) is 3. The third kappa shape index (κ3) is 3.80. The van der Waals surface area contributed by atoms with Crippen molar-refractivity contribution in [3.8, 4) is 0 Å². The first-order chi connectivity index (χ1) is 12.1. The van der Waals surface area contributed by atoms with E-state index in [1.807, 2.05) is 48.2 Å². The first-order valence-corrected chi connectivity index (χ1v) is 8.82. The minimum absolute atomic E-state index is 0.0492. The molecule has 0 radical (unpaired) electrons. The van der Waals surface area contributed by atoms with Gasteiger partial charge in [-0.3, -0.25) is 9.59 Å². The highest BCUT2D eigenvalue weighted by Gasteiger charge is 2.25. The molecule has 1 fully saturated rings. The predicted octanol–water partition coefficient (Wildman–Crippen LogP) is 3.00. The van der Waals surface area contributed by atoms with Crippen LogP contribution in [-0.2, 0) is 0 Å². The number of likely N-dealkylation sites (N-methyl/N-ethyl adjacent to an activating group) is 1. The normalized spacial score (nSPS) is 15.2. The Kier molecular flexibility index (Phi) is 5.29. The molecule has 0 bridgehead atoms. The van der Waals surface area contributed by atoms with Gasteiger partial charge in [-0.05, 0) is 19.5 Å². The van der Waals surface area contributed by atoms with E-state index in [9.17, 15) is 9.59 Å². The maximum absolute atomic E-state index is 13.0. The highest BCUT2D eigenvalue weighted by Crippen LogP contribution is 2.18. The average molecular weight is 336 g/mol. The quantitative estimate of drug-likeness (QED) is 0.806. The molecule has 0 unspecified atom stereocenters. The van der Waals surface area contributed by atoms with Crippen LogP contribution in [0.3, 0.4) is 0 Å². The van der Waals surface area contributed by atoms with Gasteiger partial charge in [-0.15, -0.1) is 0 Å². The SMILES string of the molecule is CCN1CCN(C(=O)c2ccccc2C(=O)c2ccc(C)cc2)CC1. The van der Waals surface area contributed by atoms with Gasteiger partial charge in [-0.1, -0.05) is 55.0 Å². The molecule has 1 aliphatic rings. The van der Waals surface area contributed by atoms with Crippen molar-refractivity contribution in [3.05, 3.63) is 70.8 Å². The Hall–Kier alpha value is -2.46. The number of benzene rings is 2. The van der Waals surface area contributed by atoms with Gasteiger partial charge in [0, 0.05) is 37.3 Å². The molecule has 0 saturated carbocycles. The number of rotatable bonds is 4. The summed E-state index contributed by atoms with van der Waals surface area (Å²) in [5, 5.41) is 0. The maximum atomic E-state index is 13.0. The lowest BCUT2D eigenvalue weighted by Gasteiger charge is -2.34.